The fourth-order valence-electron chi connectivity index (χ4n) is 1.68. The van der Waals surface area contributed by atoms with Crippen LogP contribution in [-0.4, -0.2) is 0 Å². The van der Waals surface area contributed by atoms with Crippen LogP contribution in [0.1, 0.15) is 20.1 Å². The minimum atomic E-state index is 0.280. The van der Waals surface area contributed by atoms with E-state index in [-0.39, 0.29) is 4.83 Å². The highest BCUT2D eigenvalue weighted by Crippen LogP contribution is 2.39. The van der Waals surface area contributed by atoms with Crippen molar-refractivity contribution in [3.8, 4) is 0 Å². The lowest BCUT2D eigenvalue weighted by atomic mass is 10.1. The number of hydrogen-bond donors (Lipinski definition) is 0. The molecule has 0 aliphatic carbocycles. The zero-order valence-electron chi connectivity index (χ0n) is 9.51. The maximum atomic E-state index is 6.02. The SMILES string of the molecule is Cc1cc(Br)c(C(Br)Cc2ccc(Cl)c(Cl)c2)s1. The highest BCUT2D eigenvalue weighted by atomic mass is 79.9. The minimum Gasteiger partial charge on any atom is -0.143 e. The second-order valence-corrected chi connectivity index (χ2v) is 8.05. The molecule has 0 bridgehead atoms. The van der Waals surface area contributed by atoms with E-state index in [9.17, 15) is 0 Å². The molecule has 1 heterocycles. The Labute approximate surface area is 138 Å². The quantitative estimate of drug-likeness (QED) is 0.471. The Morgan fingerprint density at radius 1 is 1.22 bits per heavy atom. The zero-order valence-corrected chi connectivity index (χ0v) is 15.0. The molecule has 1 aromatic carbocycles. The summed E-state index contributed by atoms with van der Waals surface area (Å²) in [5, 5.41) is 1.20. The summed E-state index contributed by atoms with van der Waals surface area (Å²) in [6, 6.07) is 7.92. The van der Waals surface area contributed by atoms with Gasteiger partial charge >= 0.3 is 0 Å². The van der Waals surface area contributed by atoms with Crippen LogP contribution in [0.2, 0.25) is 10.0 Å². The average Bonchev–Trinajstić information content (AvgIpc) is 2.63. The molecule has 0 aliphatic rings. The Morgan fingerprint density at radius 3 is 2.50 bits per heavy atom. The normalized spacial score (nSPS) is 12.7. The van der Waals surface area contributed by atoms with E-state index < -0.39 is 0 Å². The predicted molar refractivity (Wildman–Crippen MR) is 88.6 cm³/mol. The fourth-order valence-corrected chi connectivity index (χ4v) is 5.12. The third-order valence-corrected chi connectivity index (χ3v) is 6.43. The standard InChI is InChI=1S/C13H10Br2Cl2S/c1-7-4-9(14)13(18-7)10(15)5-8-2-3-11(16)12(17)6-8/h2-4,6,10H,5H2,1H3. The molecule has 0 saturated carbocycles. The van der Waals surface area contributed by atoms with Crippen molar-refractivity contribution in [2.24, 2.45) is 0 Å². The van der Waals surface area contributed by atoms with E-state index in [0.29, 0.717) is 10.0 Å². The highest BCUT2D eigenvalue weighted by Gasteiger charge is 2.15. The smallest absolute Gasteiger partial charge is 0.0595 e. The molecule has 0 aliphatic heterocycles. The molecule has 2 rings (SSSR count). The summed E-state index contributed by atoms with van der Waals surface area (Å²) in [5.74, 6) is 0. The summed E-state index contributed by atoms with van der Waals surface area (Å²) >= 11 is 21.1. The number of rotatable bonds is 3. The third kappa shape index (κ3) is 3.51. The first kappa shape index (κ1) is 14.9. The fraction of sp³-hybridized carbons (Fsp3) is 0.231. The second kappa shape index (κ2) is 6.27. The Morgan fingerprint density at radius 2 is 1.94 bits per heavy atom. The molecule has 0 fully saturated rings. The van der Waals surface area contributed by atoms with Gasteiger partial charge in [-0.15, -0.1) is 11.3 Å². The van der Waals surface area contributed by atoms with Crippen molar-refractivity contribution in [3.05, 3.63) is 54.1 Å². The van der Waals surface area contributed by atoms with Crippen molar-refractivity contribution in [3.63, 3.8) is 0 Å². The van der Waals surface area contributed by atoms with Crippen molar-refractivity contribution in [2.45, 2.75) is 18.2 Å². The molecule has 0 N–H and O–H groups in total. The van der Waals surface area contributed by atoms with Gasteiger partial charge in [-0.05, 0) is 53.0 Å². The number of alkyl halides is 1. The molecule has 0 spiro atoms. The number of hydrogen-bond acceptors (Lipinski definition) is 1. The van der Waals surface area contributed by atoms with E-state index in [1.165, 1.54) is 15.3 Å². The van der Waals surface area contributed by atoms with Crippen LogP contribution in [0.15, 0.2) is 28.7 Å². The topological polar surface area (TPSA) is 0 Å². The molecule has 0 amide bonds. The molecule has 1 unspecified atom stereocenters. The lowest BCUT2D eigenvalue weighted by Gasteiger charge is -2.09. The number of halogens is 4. The molecule has 0 radical (unpaired) electrons. The lowest BCUT2D eigenvalue weighted by molar-refractivity contribution is 0.965. The average molecular weight is 429 g/mol. The highest BCUT2D eigenvalue weighted by molar-refractivity contribution is 9.11. The maximum Gasteiger partial charge on any atom is 0.0595 e. The van der Waals surface area contributed by atoms with Gasteiger partial charge in [-0.3, -0.25) is 0 Å². The van der Waals surface area contributed by atoms with E-state index in [1.807, 2.05) is 18.2 Å². The van der Waals surface area contributed by atoms with E-state index in [4.69, 9.17) is 23.2 Å². The molecule has 5 heteroatoms. The molecule has 1 aromatic heterocycles. The van der Waals surface area contributed by atoms with Gasteiger partial charge in [-0.1, -0.05) is 45.2 Å². The van der Waals surface area contributed by atoms with Crippen LogP contribution in [0.3, 0.4) is 0 Å². The minimum absolute atomic E-state index is 0.280. The van der Waals surface area contributed by atoms with Gasteiger partial charge in [0.2, 0.25) is 0 Å². The van der Waals surface area contributed by atoms with E-state index >= 15 is 0 Å². The predicted octanol–water partition coefficient (Wildman–Crippen LogP) is 6.80. The summed E-state index contributed by atoms with van der Waals surface area (Å²) in [7, 11) is 0. The number of aryl methyl sites for hydroxylation is 1. The van der Waals surface area contributed by atoms with Crippen LogP contribution < -0.4 is 0 Å². The van der Waals surface area contributed by atoms with Crippen LogP contribution in [0.5, 0.6) is 0 Å². The zero-order chi connectivity index (χ0) is 13.3. The third-order valence-electron chi connectivity index (χ3n) is 2.52. The molecular formula is C13H10Br2Cl2S. The van der Waals surface area contributed by atoms with Gasteiger partial charge < -0.3 is 0 Å². The molecule has 1 atom stereocenters. The maximum absolute atomic E-state index is 6.02. The number of thiophene rings is 1. The summed E-state index contributed by atoms with van der Waals surface area (Å²) in [4.78, 5) is 2.89. The van der Waals surface area contributed by atoms with Gasteiger partial charge in [-0.2, -0.15) is 0 Å². The summed E-state index contributed by atoms with van der Waals surface area (Å²) in [6.45, 7) is 2.11. The molecule has 0 nitrogen and oxygen atoms in total. The molecule has 18 heavy (non-hydrogen) atoms. The Bertz CT molecular complexity index is 566. The summed E-state index contributed by atoms with van der Waals surface area (Å²) < 4.78 is 1.16. The first-order chi connectivity index (χ1) is 8.47. The summed E-state index contributed by atoms with van der Waals surface area (Å²) in [5.41, 5.74) is 1.17. The van der Waals surface area contributed by atoms with Gasteiger partial charge in [0.15, 0.2) is 0 Å². The largest absolute Gasteiger partial charge is 0.143 e. The first-order valence-electron chi connectivity index (χ1n) is 5.31. The molecular weight excluding hydrogens is 419 g/mol. The van der Waals surface area contributed by atoms with Crippen LogP contribution >= 0.6 is 66.4 Å². The molecule has 96 valence electrons. The Hall–Kier alpha value is 0.460. The lowest BCUT2D eigenvalue weighted by Crippen LogP contribution is -1.93. The van der Waals surface area contributed by atoms with Crippen LogP contribution in [0, 0.1) is 6.92 Å². The van der Waals surface area contributed by atoms with Gasteiger partial charge in [-0.25, -0.2) is 0 Å². The van der Waals surface area contributed by atoms with E-state index in [2.05, 4.69) is 44.8 Å². The van der Waals surface area contributed by atoms with Crippen LogP contribution in [0.4, 0.5) is 0 Å². The first-order valence-corrected chi connectivity index (χ1v) is 8.59. The molecule has 0 saturated heterocycles. The van der Waals surface area contributed by atoms with E-state index in [1.54, 1.807) is 11.3 Å². The van der Waals surface area contributed by atoms with Crippen molar-refractivity contribution in [1.29, 1.82) is 0 Å². The van der Waals surface area contributed by atoms with Gasteiger partial charge in [0.25, 0.3) is 0 Å². The second-order valence-electron chi connectivity index (χ2n) is 3.99. The Balaban J connectivity index is 2.18. The molecule has 2 aromatic rings. The number of benzene rings is 1. The van der Waals surface area contributed by atoms with Crippen molar-refractivity contribution < 1.29 is 0 Å². The van der Waals surface area contributed by atoms with Crippen molar-refractivity contribution >= 4 is 66.4 Å². The van der Waals surface area contributed by atoms with Crippen molar-refractivity contribution in [1.82, 2.24) is 0 Å². The Kier molecular flexibility index (Phi) is 5.18. The van der Waals surface area contributed by atoms with E-state index in [0.717, 1.165) is 10.9 Å². The van der Waals surface area contributed by atoms with Crippen LogP contribution in [-0.2, 0) is 6.42 Å². The van der Waals surface area contributed by atoms with Crippen LogP contribution in [0.25, 0.3) is 0 Å². The monoisotopic (exact) mass is 426 g/mol. The summed E-state index contributed by atoms with van der Waals surface area (Å²) in [6.07, 6.45) is 0.884. The van der Waals surface area contributed by atoms with Gasteiger partial charge in [0.05, 0.1) is 14.9 Å². The van der Waals surface area contributed by atoms with Crippen molar-refractivity contribution in [2.75, 3.05) is 0 Å². The van der Waals surface area contributed by atoms with Gasteiger partial charge in [0, 0.05) is 14.2 Å². The van der Waals surface area contributed by atoms with Gasteiger partial charge in [0.1, 0.15) is 0 Å².